The molecule has 1 aliphatic rings. The zero-order valence-corrected chi connectivity index (χ0v) is 8.64. The Kier molecular flexibility index (Phi) is 2.81. The van der Waals surface area contributed by atoms with Crippen LogP contribution in [0.3, 0.4) is 0 Å². The van der Waals surface area contributed by atoms with Crippen LogP contribution >= 0.6 is 0 Å². The second-order valence-electron chi connectivity index (χ2n) is 3.52. The molecule has 1 atom stereocenters. The molecule has 1 heterocycles. The predicted octanol–water partition coefficient (Wildman–Crippen LogP) is 2.16. The van der Waals surface area contributed by atoms with E-state index in [1.165, 1.54) is 0 Å². The van der Waals surface area contributed by atoms with Gasteiger partial charge in [0.25, 0.3) is 0 Å². The first-order chi connectivity index (χ1) is 7.31. The smallest absolute Gasteiger partial charge is 0.190 e. The molecule has 0 fully saturated rings. The Morgan fingerprint density at radius 3 is 2.87 bits per heavy atom. The average Bonchev–Trinajstić information content (AvgIpc) is 2.78. The van der Waals surface area contributed by atoms with E-state index in [1.807, 2.05) is 37.3 Å². The van der Waals surface area contributed by atoms with Crippen molar-refractivity contribution in [2.24, 2.45) is 5.16 Å². The van der Waals surface area contributed by atoms with Crippen LogP contribution in [0.4, 0.5) is 0 Å². The maximum Gasteiger partial charge on any atom is 0.190 e. The van der Waals surface area contributed by atoms with Crippen molar-refractivity contribution in [2.75, 3.05) is 0 Å². The van der Waals surface area contributed by atoms with Crippen LogP contribution in [0.2, 0.25) is 0 Å². The summed E-state index contributed by atoms with van der Waals surface area (Å²) >= 11 is 0. The van der Waals surface area contributed by atoms with E-state index in [2.05, 4.69) is 5.16 Å². The van der Waals surface area contributed by atoms with E-state index in [-0.39, 0.29) is 11.9 Å². The lowest BCUT2D eigenvalue weighted by atomic mass is 10.0. The SMILES string of the molecule is CCC(=O)[C@@H]1CC(c2ccccc2)=NO1. The maximum atomic E-state index is 11.4. The van der Waals surface area contributed by atoms with Crippen molar-refractivity contribution in [3.63, 3.8) is 0 Å². The number of oxime groups is 1. The molecule has 0 bridgehead atoms. The monoisotopic (exact) mass is 203 g/mol. The van der Waals surface area contributed by atoms with Gasteiger partial charge in [0.2, 0.25) is 0 Å². The molecule has 3 heteroatoms. The number of carbonyl (C=O) groups is 1. The van der Waals surface area contributed by atoms with Gasteiger partial charge in [-0.3, -0.25) is 4.79 Å². The van der Waals surface area contributed by atoms with Crippen LogP contribution in [0.5, 0.6) is 0 Å². The third kappa shape index (κ3) is 2.06. The number of carbonyl (C=O) groups excluding carboxylic acids is 1. The number of hydrogen-bond donors (Lipinski definition) is 0. The highest BCUT2D eigenvalue weighted by atomic mass is 16.6. The molecule has 0 aromatic heterocycles. The highest BCUT2D eigenvalue weighted by Gasteiger charge is 2.27. The van der Waals surface area contributed by atoms with Gasteiger partial charge < -0.3 is 4.84 Å². The Balaban J connectivity index is 2.07. The Labute approximate surface area is 88.7 Å². The number of ketones is 1. The minimum atomic E-state index is -0.370. The topological polar surface area (TPSA) is 38.7 Å². The van der Waals surface area contributed by atoms with Gasteiger partial charge in [-0.2, -0.15) is 0 Å². The van der Waals surface area contributed by atoms with Crippen LogP contribution in [-0.4, -0.2) is 17.6 Å². The first-order valence-corrected chi connectivity index (χ1v) is 5.12. The number of hydrogen-bond acceptors (Lipinski definition) is 3. The molecule has 0 saturated heterocycles. The summed E-state index contributed by atoms with van der Waals surface area (Å²) in [5.74, 6) is 0.115. The minimum absolute atomic E-state index is 0.115. The zero-order chi connectivity index (χ0) is 10.7. The molecule has 1 aliphatic heterocycles. The lowest BCUT2D eigenvalue weighted by Gasteiger charge is -2.03. The van der Waals surface area contributed by atoms with Crippen LogP contribution in [0.15, 0.2) is 35.5 Å². The van der Waals surface area contributed by atoms with Crippen LogP contribution in [0.25, 0.3) is 0 Å². The molecule has 0 radical (unpaired) electrons. The Morgan fingerprint density at radius 1 is 1.47 bits per heavy atom. The van der Waals surface area contributed by atoms with Gasteiger partial charge in [0.1, 0.15) is 0 Å². The molecule has 2 rings (SSSR count). The van der Waals surface area contributed by atoms with E-state index < -0.39 is 0 Å². The van der Waals surface area contributed by atoms with Gasteiger partial charge >= 0.3 is 0 Å². The van der Waals surface area contributed by atoms with Crippen molar-refractivity contribution in [1.82, 2.24) is 0 Å². The van der Waals surface area contributed by atoms with Crippen molar-refractivity contribution in [3.05, 3.63) is 35.9 Å². The van der Waals surface area contributed by atoms with Crippen molar-refractivity contribution < 1.29 is 9.63 Å². The van der Waals surface area contributed by atoms with Gasteiger partial charge in [0, 0.05) is 12.8 Å². The molecule has 0 N–H and O–H groups in total. The summed E-state index contributed by atoms with van der Waals surface area (Å²) < 4.78 is 0. The summed E-state index contributed by atoms with van der Waals surface area (Å²) in [6, 6.07) is 9.80. The number of Topliss-reactive ketones (excluding diaryl/α,β-unsaturated/α-hetero) is 1. The van der Waals surface area contributed by atoms with Gasteiger partial charge in [0.15, 0.2) is 11.9 Å². The third-order valence-electron chi connectivity index (χ3n) is 2.48. The van der Waals surface area contributed by atoms with Gasteiger partial charge in [-0.25, -0.2) is 0 Å². The largest absolute Gasteiger partial charge is 0.384 e. The molecule has 3 nitrogen and oxygen atoms in total. The molecule has 0 spiro atoms. The van der Waals surface area contributed by atoms with Crippen molar-refractivity contribution >= 4 is 11.5 Å². The summed E-state index contributed by atoms with van der Waals surface area (Å²) in [6.45, 7) is 1.84. The van der Waals surface area contributed by atoms with E-state index in [4.69, 9.17) is 4.84 Å². The highest BCUT2D eigenvalue weighted by molar-refractivity contribution is 6.04. The number of rotatable bonds is 3. The summed E-state index contributed by atoms with van der Waals surface area (Å²) in [5.41, 5.74) is 1.89. The molecular weight excluding hydrogens is 190 g/mol. The van der Waals surface area contributed by atoms with Crippen molar-refractivity contribution in [1.29, 1.82) is 0 Å². The van der Waals surface area contributed by atoms with Crippen molar-refractivity contribution in [3.8, 4) is 0 Å². The average molecular weight is 203 g/mol. The fourth-order valence-electron chi connectivity index (χ4n) is 1.58. The number of nitrogens with zero attached hydrogens (tertiary/aromatic N) is 1. The van der Waals surface area contributed by atoms with Crippen LogP contribution in [0.1, 0.15) is 25.3 Å². The quantitative estimate of drug-likeness (QED) is 0.755. The normalized spacial score (nSPS) is 19.5. The lowest BCUT2D eigenvalue weighted by molar-refractivity contribution is -0.128. The molecule has 1 aromatic rings. The maximum absolute atomic E-state index is 11.4. The van der Waals surface area contributed by atoms with Crippen LogP contribution in [-0.2, 0) is 9.63 Å². The van der Waals surface area contributed by atoms with Crippen LogP contribution in [0, 0.1) is 0 Å². The Bertz CT molecular complexity index is 384. The lowest BCUT2D eigenvalue weighted by Crippen LogP contribution is -2.19. The van der Waals surface area contributed by atoms with Gasteiger partial charge in [-0.15, -0.1) is 0 Å². The van der Waals surface area contributed by atoms with E-state index in [9.17, 15) is 4.79 Å². The summed E-state index contributed by atoms with van der Waals surface area (Å²) in [4.78, 5) is 16.5. The van der Waals surface area contributed by atoms with E-state index >= 15 is 0 Å². The fraction of sp³-hybridized carbons (Fsp3) is 0.333. The molecule has 0 amide bonds. The Morgan fingerprint density at radius 2 is 2.20 bits per heavy atom. The van der Waals surface area contributed by atoms with E-state index in [1.54, 1.807) is 0 Å². The molecule has 78 valence electrons. The summed E-state index contributed by atoms with van der Waals surface area (Å²) in [6.07, 6.45) is 0.726. The molecule has 0 unspecified atom stereocenters. The second kappa shape index (κ2) is 4.26. The van der Waals surface area contributed by atoms with Crippen molar-refractivity contribution in [2.45, 2.75) is 25.9 Å². The van der Waals surface area contributed by atoms with E-state index in [0.29, 0.717) is 12.8 Å². The minimum Gasteiger partial charge on any atom is -0.384 e. The fourth-order valence-corrected chi connectivity index (χ4v) is 1.58. The van der Waals surface area contributed by atoms with Gasteiger partial charge in [0.05, 0.1) is 5.71 Å². The third-order valence-corrected chi connectivity index (χ3v) is 2.48. The molecule has 1 aromatic carbocycles. The molecule has 0 saturated carbocycles. The standard InChI is InChI=1S/C12H13NO2/c1-2-11(14)12-8-10(13-15-12)9-6-4-3-5-7-9/h3-7,12H,2,8H2,1H3/t12-/m0/s1. The van der Waals surface area contributed by atoms with Gasteiger partial charge in [-0.05, 0) is 5.56 Å². The van der Waals surface area contributed by atoms with Crippen LogP contribution < -0.4 is 0 Å². The summed E-state index contributed by atoms with van der Waals surface area (Å²) in [5, 5.41) is 3.95. The van der Waals surface area contributed by atoms with Gasteiger partial charge in [-0.1, -0.05) is 42.4 Å². The second-order valence-corrected chi connectivity index (χ2v) is 3.52. The summed E-state index contributed by atoms with van der Waals surface area (Å²) in [7, 11) is 0. The highest BCUT2D eigenvalue weighted by Crippen LogP contribution is 2.17. The van der Waals surface area contributed by atoms with E-state index in [0.717, 1.165) is 11.3 Å². The molecule has 0 aliphatic carbocycles. The zero-order valence-electron chi connectivity index (χ0n) is 8.64. The predicted molar refractivity (Wildman–Crippen MR) is 57.8 cm³/mol. The first-order valence-electron chi connectivity index (χ1n) is 5.12. The molecule has 15 heavy (non-hydrogen) atoms. The molecular formula is C12H13NO2. The Hall–Kier alpha value is -1.64. The number of benzene rings is 1. The first kappa shape index (κ1) is 9.90.